The Kier molecular flexibility index (Phi) is 12.2. The second-order valence-corrected chi connectivity index (χ2v) is 13.9. The van der Waals surface area contributed by atoms with E-state index >= 15 is 0 Å². The third kappa shape index (κ3) is 7.94. The van der Waals surface area contributed by atoms with Crippen molar-refractivity contribution < 1.29 is 19.1 Å². The Hall–Kier alpha value is -1.79. The minimum absolute atomic E-state index is 0.0165. The molecule has 0 radical (unpaired) electrons. The molecule has 0 heterocycles. The quantitative estimate of drug-likeness (QED) is 0.0743. The van der Waals surface area contributed by atoms with Gasteiger partial charge in [0.15, 0.2) is 0 Å². The molecule has 7 heteroatoms. The van der Waals surface area contributed by atoms with Crippen LogP contribution in [0, 0.1) is 46.8 Å². The van der Waals surface area contributed by atoms with Gasteiger partial charge >= 0.3 is 11.9 Å². The highest BCUT2D eigenvalue weighted by atomic mass is 16.5. The lowest BCUT2D eigenvalue weighted by Crippen LogP contribution is -2.59. The molecule has 4 N–H and O–H groups in total. The van der Waals surface area contributed by atoms with Crippen molar-refractivity contribution in [3.05, 3.63) is 0 Å². The zero-order chi connectivity index (χ0) is 29.4. The van der Waals surface area contributed by atoms with Gasteiger partial charge in [-0.2, -0.15) is 5.10 Å². The molecule has 3 saturated carbocycles. The highest BCUT2D eigenvalue weighted by molar-refractivity contribution is 5.79. The summed E-state index contributed by atoms with van der Waals surface area (Å²) < 4.78 is 12.0. The monoisotopic (exact) mass is 561 g/mol. The molecule has 0 spiro atoms. The number of hydrogen-bond donors (Lipinski definition) is 2. The Bertz CT molecular complexity index is 863. The standard InChI is InChI=1S/C33H59N3O4/c1-7-27-29-20-26(39-23(4)37)18-19-33(29,6)28-14-11-13-25(21(2)12-9-8-10-15-30(34)36-35)17-16-22(3)31(28)32(27)40-24(5)38/h21-22,25-29,31-32H,7-20,35H2,1-6H3,(H2,34,36)/t21-,22+,25?,26-,27-,28+,29?,31+,32-,33?/m1/s1. The molecule has 3 unspecified atom stereocenters. The predicted octanol–water partition coefficient (Wildman–Crippen LogP) is 6.96. The van der Waals surface area contributed by atoms with E-state index < -0.39 is 0 Å². The zero-order valence-electron chi connectivity index (χ0n) is 26.3. The molecule has 7 nitrogen and oxygen atoms in total. The number of rotatable bonds is 10. The summed E-state index contributed by atoms with van der Waals surface area (Å²) in [5.41, 5.74) is 5.94. The summed E-state index contributed by atoms with van der Waals surface area (Å²) in [5.74, 6) is 9.08. The number of nitrogens with zero attached hydrogens (tertiary/aromatic N) is 1. The number of fused-ring (bicyclic) bond motifs is 3. The number of nitrogens with two attached hydrogens (primary N) is 2. The van der Waals surface area contributed by atoms with Crippen molar-refractivity contribution in [2.45, 2.75) is 144 Å². The van der Waals surface area contributed by atoms with E-state index in [1.807, 2.05) is 0 Å². The number of ether oxygens (including phenoxy) is 2. The molecule has 0 bridgehead atoms. The fourth-order valence-corrected chi connectivity index (χ4v) is 9.33. The summed E-state index contributed by atoms with van der Waals surface area (Å²) in [6.45, 7) is 12.8. The molecule has 0 aromatic carbocycles. The summed E-state index contributed by atoms with van der Waals surface area (Å²) in [6.07, 6.45) is 15.6. The summed E-state index contributed by atoms with van der Waals surface area (Å²) in [4.78, 5) is 24.3. The van der Waals surface area contributed by atoms with Crippen molar-refractivity contribution in [2.75, 3.05) is 0 Å². The Balaban J connectivity index is 1.77. The van der Waals surface area contributed by atoms with Gasteiger partial charge in [-0.1, -0.05) is 66.2 Å². The Labute approximate surface area is 243 Å². The molecule has 0 aromatic heterocycles. The van der Waals surface area contributed by atoms with Crippen LogP contribution < -0.4 is 11.6 Å². The highest BCUT2D eigenvalue weighted by Crippen LogP contribution is 2.62. The van der Waals surface area contributed by atoms with Crippen molar-refractivity contribution in [2.24, 2.45) is 63.5 Å². The lowest BCUT2D eigenvalue weighted by atomic mass is 9.45. The second kappa shape index (κ2) is 14.9. The highest BCUT2D eigenvalue weighted by Gasteiger charge is 2.59. The normalized spacial score (nSPS) is 37.6. The molecular formula is C33H59N3O4. The van der Waals surface area contributed by atoms with Crippen LogP contribution in [0.2, 0.25) is 0 Å². The molecule has 40 heavy (non-hydrogen) atoms. The number of carbonyl (C=O) groups excluding carboxylic acids is 2. The van der Waals surface area contributed by atoms with Gasteiger partial charge in [0.05, 0.1) is 0 Å². The third-order valence-electron chi connectivity index (χ3n) is 11.4. The molecule has 0 saturated heterocycles. The number of carbonyl (C=O) groups is 2. The van der Waals surface area contributed by atoms with Gasteiger partial charge in [-0.3, -0.25) is 9.59 Å². The average Bonchev–Trinajstić information content (AvgIpc) is 2.98. The van der Waals surface area contributed by atoms with Gasteiger partial charge in [-0.25, -0.2) is 0 Å². The van der Waals surface area contributed by atoms with Crippen LogP contribution in [0.25, 0.3) is 0 Å². The summed E-state index contributed by atoms with van der Waals surface area (Å²) in [5, 5.41) is 3.58. The number of unbranched alkanes of at least 4 members (excludes halogenated alkanes) is 2. The number of esters is 2. The minimum atomic E-state index is -0.184. The molecule has 3 fully saturated rings. The van der Waals surface area contributed by atoms with E-state index in [2.05, 4.69) is 32.8 Å². The Morgan fingerprint density at radius 1 is 1.00 bits per heavy atom. The molecule has 0 aliphatic heterocycles. The van der Waals surface area contributed by atoms with E-state index in [-0.39, 0.29) is 29.6 Å². The van der Waals surface area contributed by atoms with Gasteiger partial charge in [0.2, 0.25) is 0 Å². The van der Waals surface area contributed by atoms with E-state index in [4.69, 9.17) is 21.1 Å². The van der Waals surface area contributed by atoms with Crippen LogP contribution in [0.1, 0.15) is 131 Å². The summed E-state index contributed by atoms with van der Waals surface area (Å²) in [7, 11) is 0. The predicted molar refractivity (Wildman–Crippen MR) is 161 cm³/mol. The number of hydrogen-bond acceptors (Lipinski definition) is 6. The molecule has 0 amide bonds. The molecule has 0 aromatic rings. The minimum Gasteiger partial charge on any atom is -0.463 e. The van der Waals surface area contributed by atoms with Crippen LogP contribution in [-0.4, -0.2) is 30.0 Å². The van der Waals surface area contributed by atoms with Gasteiger partial charge in [0.1, 0.15) is 18.0 Å². The number of amidine groups is 1. The van der Waals surface area contributed by atoms with Gasteiger partial charge < -0.3 is 21.1 Å². The SMILES string of the molecule is CC[C@@H]1C2C[C@H](OC(C)=O)CCC2(C)[C@H]2CCCC([C@H](C)CCCCC/C(N)=N/N)CC[C@H](C)[C@@H]2[C@@H]1OC(C)=O. The molecule has 230 valence electrons. The van der Waals surface area contributed by atoms with Crippen LogP contribution >= 0.6 is 0 Å². The molecule has 3 aliphatic rings. The topological polar surface area (TPSA) is 117 Å². The first-order valence-corrected chi connectivity index (χ1v) is 16.4. The van der Waals surface area contributed by atoms with Gasteiger partial charge in [-0.05, 0) is 85.9 Å². The van der Waals surface area contributed by atoms with E-state index in [1.165, 1.54) is 58.3 Å². The Morgan fingerprint density at radius 3 is 2.38 bits per heavy atom. The van der Waals surface area contributed by atoms with Gasteiger partial charge in [-0.15, -0.1) is 0 Å². The lowest BCUT2D eigenvalue weighted by Gasteiger charge is -2.61. The first-order chi connectivity index (χ1) is 19.0. The van der Waals surface area contributed by atoms with Crippen molar-refractivity contribution in [3.63, 3.8) is 0 Å². The van der Waals surface area contributed by atoms with Crippen LogP contribution in [0.3, 0.4) is 0 Å². The van der Waals surface area contributed by atoms with Crippen molar-refractivity contribution >= 4 is 17.8 Å². The van der Waals surface area contributed by atoms with E-state index in [9.17, 15) is 9.59 Å². The first-order valence-electron chi connectivity index (χ1n) is 16.4. The zero-order valence-corrected chi connectivity index (χ0v) is 26.3. The van der Waals surface area contributed by atoms with Crippen molar-refractivity contribution in [3.8, 4) is 0 Å². The average molecular weight is 562 g/mol. The van der Waals surface area contributed by atoms with Crippen LogP contribution in [0.5, 0.6) is 0 Å². The van der Waals surface area contributed by atoms with Gasteiger partial charge in [0, 0.05) is 26.2 Å². The first kappa shape index (κ1) is 32.7. The maximum absolute atomic E-state index is 12.5. The van der Waals surface area contributed by atoms with Crippen molar-refractivity contribution in [1.29, 1.82) is 0 Å². The third-order valence-corrected chi connectivity index (χ3v) is 11.4. The van der Waals surface area contributed by atoms with Crippen LogP contribution in [0.15, 0.2) is 5.10 Å². The fraction of sp³-hybridized carbons (Fsp3) is 0.909. The van der Waals surface area contributed by atoms with E-state index in [0.717, 1.165) is 44.4 Å². The van der Waals surface area contributed by atoms with E-state index in [1.54, 1.807) is 6.92 Å². The van der Waals surface area contributed by atoms with Crippen LogP contribution in [0.4, 0.5) is 0 Å². The maximum atomic E-state index is 12.5. The van der Waals surface area contributed by atoms with E-state index in [0.29, 0.717) is 41.3 Å². The summed E-state index contributed by atoms with van der Waals surface area (Å²) >= 11 is 0. The van der Waals surface area contributed by atoms with Crippen LogP contribution in [-0.2, 0) is 19.1 Å². The number of hydrazone groups is 1. The summed E-state index contributed by atoms with van der Waals surface area (Å²) in [6, 6.07) is 0. The second-order valence-electron chi connectivity index (χ2n) is 13.9. The largest absolute Gasteiger partial charge is 0.463 e. The van der Waals surface area contributed by atoms with Crippen molar-refractivity contribution in [1.82, 2.24) is 0 Å². The maximum Gasteiger partial charge on any atom is 0.302 e. The molecule has 3 rings (SSSR count). The smallest absolute Gasteiger partial charge is 0.302 e. The molecule has 10 atom stereocenters. The lowest BCUT2D eigenvalue weighted by molar-refractivity contribution is -0.199. The van der Waals surface area contributed by atoms with Gasteiger partial charge in [0.25, 0.3) is 0 Å². The molecular weight excluding hydrogens is 502 g/mol. The Morgan fingerprint density at radius 2 is 1.73 bits per heavy atom. The molecule has 3 aliphatic carbocycles. The fourth-order valence-electron chi connectivity index (χ4n) is 9.33.